The van der Waals surface area contributed by atoms with Crippen LogP contribution in [0.25, 0.3) is 0 Å². The van der Waals surface area contributed by atoms with Gasteiger partial charge in [0.25, 0.3) is 11.8 Å². The molecular formula is C16H20N4O4S4. The molecule has 2 heterocycles. The lowest BCUT2D eigenvalue weighted by Crippen LogP contribution is -2.46. The van der Waals surface area contributed by atoms with Crippen molar-refractivity contribution in [3.8, 4) is 0 Å². The van der Waals surface area contributed by atoms with E-state index in [0.29, 0.717) is 0 Å². The molecule has 0 atom stereocenters. The van der Waals surface area contributed by atoms with Crippen molar-refractivity contribution in [3.63, 3.8) is 0 Å². The maximum atomic E-state index is 12.7. The number of nitrogens with zero attached hydrogens (tertiary/aromatic N) is 2. The van der Waals surface area contributed by atoms with E-state index in [1.807, 2.05) is 27.7 Å². The van der Waals surface area contributed by atoms with Crippen LogP contribution in [0.1, 0.15) is 40.5 Å². The Labute approximate surface area is 182 Å². The first-order valence-corrected chi connectivity index (χ1v) is 10.9. The third kappa shape index (κ3) is 5.31. The average molecular weight is 461 g/mol. The number of thioether (sulfide) groups is 2. The number of carbonyl (C=O) groups is 4. The molecule has 4 amide bonds. The highest BCUT2D eigenvalue weighted by Gasteiger charge is 2.43. The lowest BCUT2D eigenvalue weighted by Gasteiger charge is -2.16. The number of thiocarbonyl (C=S) groups is 2. The molecule has 0 spiro atoms. The van der Waals surface area contributed by atoms with Crippen LogP contribution in [0.4, 0.5) is 0 Å². The smallest absolute Gasteiger partial charge is 0.273 e. The summed E-state index contributed by atoms with van der Waals surface area (Å²) in [5.74, 6) is -1.66. The Bertz CT molecular complexity index is 730. The highest BCUT2D eigenvalue weighted by molar-refractivity contribution is 8.29. The summed E-state index contributed by atoms with van der Waals surface area (Å²) in [5, 5.41) is 1.92. The Hall–Kier alpha value is -1.50. The van der Waals surface area contributed by atoms with Gasteiger partial charge >= 0.3 is 0 Å². The van der Waals surface area contributed by atoms with E-state index in [0.717, 1.165) is 33.5 Å². The van der Waals surface area contributed by atoms with Crippen LogP contribution in [0.15, 0.2) is 9.81 Å². The largest absolute Gasteiger partial charge is 0.286 e. The van der Waals surface area contributed by atoms with Gasteiger partial charge in [-0.1, -0.05) is 51.2 Å². The van der Waals surface area contributed by atoms with Crippen LogP contribution in [0.5, 0.6) is 0 Å². The molecule has 0 aromatic rings. The Morgan fingerprint density at radius 3 is 1.43 bits per heavy atom. The van der Waals surface area contributed by atoms with Gasteiger partial charge in [0.2, 0.25) is 11.8 Å². The van der Waals surface area contributed by atoms with E-state index in [2.05, 4.69) is 10.9 Å². The lowest BCUT2D eigenvalue weighted by atomic mass is 10.1. The van der Waals surface area contributed by atoms with Gasteiger partial charge in [0.15, 0.2) is 8.64 Å². The summed E-state index contributed by atoms with van der Waals surface area (Å²) in [5.41, 5.74) is 4.93. The molecule has 2 aliphatic rings. The Morgan fingerprint density at radius 2 is 1.14 bits per heavy atom. The zero-order valence-corrected chi connectivity index (χ0v) is 19.0. The topological polar surface area (TPSA) is 98.8 Å². The zero-order chi connectivity index (χ0) is 21.2. The molecule has 2 aliphatic heterocycles. The summed E-state index contributed by atoms with van der Waals surface area (Å²) in [6, 6.07) is 0. The van der Waals surface area contributed by atoms with Crippen LogP contribution in [-0.2, 0) is 19.2 Å². The number of carbonyl (C=O) groups excluding carboxylic acids is 4. The van der Waals surface area contributed by atoms with E-state index in [-0.39, 0.29) is 54.9 Å². The SMILES string of the molecule is CC(C)CC(=O)NN1C(=O)C(=C2SC(=S)N(NC(=O)CC(C)C)C2=O)SC1=S. The van der Waals surface area contributed by atoms with E-state index in [9.17, 15) is 19.2 Å². The van der Waals surface area contributed by atoms with Crippen LogP contribution in [-0.4, -0.2) is 42.3 Å². The first-order chi connectivity index (χ1) is 13.0. The molecule has 0 saturated carbocycles. The van der Waals surface area contributed by atoms with Crippen molar-refractivity contribution in [2.24, 2.45) is 11.8 Å². The quantitative estimate of drug-likeness (QED) is 0.459. The minimum Gasteiger partial charge on any atom is -0.273 e. The summed E-state index contributed by atoms with van der Waals surface area (Å²) >= 11 is 12.1. The van der Waals surface area contributed by atoms with Gasteiger partial charge in [-0.05, 0) is 36.3 Å². The molecule has 2 rings (SSSR count). The highest BCUT2D eigenvalue weighted by atomic mass is 32.2. The number of rotatable bonds is 6. The van der Waals surface area contributed by atoms with E-state index in [1.165, 1.54) is 0 Å². The number of hydrazine groups is 2. The molecule has 0 unspecified atom stereocenters. The van der Waals surface area contributed by atoms with Gasteiger partial charge in [0.1, 0.15) is 9.81 Å². The number of nitrogens with one attached hydrogen (secondary N) is 2. The molecule has 152 valence electrons. The van der Waals surface area contributed by atoms with Gasteiger partial charge in [-0.25, -0.2) is 0 Å². The van der Waals surface area contributed by atoms with Gasteiger partial charge in [0.05, 0.1) is 0 Å². The van der Waals surface area contributed by atoms with Crippen molar-refractivity contribution in [3.05, 3.63) is 9.81 Å². The molecule has 0 aromatic heterocycles. The average Bonchev–Trinajstić information content (AvgIpc) is 2.98. The summed E-state index contributed by atoms with van der Waals surface area (Å²) in [6.45, 7) is 7.51. The van der Waals surface area contributed by atoms with Crippen molar-refractivity contribution in [1.82, 2.24) is 20.9 Å². The zero-order valence-electron chi connectivity index (χ0n) is 15.7. The molecule has 28 heavy (non-hydrogen) atoms. The minimum absolute atomic E-state index is 0.0767. The highest BCUT2D eigenvalue weighted by Crippen LogP contribution is 2.41. The van der Waals surface area contributed by atoms with Crippen LogP contribution in [0.3, 0.4) is 0 Å². The second kappa shape index (κ2) is 9.33. The fraction of sp³-hybridized carbons (Fsp3) is 0.500. The maximum Gasteiger partial charge on any atom is 0.286 e. The fourth-order valence-corrected chi connectivity index (χ4v) is 4.80. The third-order valence-electron chi connectivity index (χ3n) is 3.41. The van der Waals surface area contributed by atoms with E-state index >= 15 is 0 Å². The second-order valence-corrected chi connectivity index (χ2v) is 10.2. The van der Waals surface area contributed by atoms with Crippen molar-refractivity contribution in [2.75, 3.05) is 0 Å². The summed E-state index contributed by atoms with van der Waals surface area (Å²) < 4.78 is 0.234. The molecule has 2 fully saturated rings. The predicted molar refractivity (Wildman–Crippen MR) is 116 cm³/mol. The molecule has 0 radical (unpaired) electrons. The Balaban J connectivity index is 2.17. The second-order valence-electron chi connectivity index (χ2n) is 6.94. The normalized spacial score (nSPS) is 20.1. The lowest BCUT2D eigenvalue weighted by molar-refractivity contribution is -0.134. The molecular weight excluding hydrogens is 440 g/mol. The van der Waals surface area contributed by atoms with E-state index in [4.69, 9.17) is 24.4 Å². The van der Waals surface area contributed by atoms with E-state index < -0.39 is 11.8 Å². The van der Waals surface area contributed by atoms with Gasteiger partial charge in [-0.3, -0.25) is 30.0 Å². The standard InChI is InChI=1S/C16H20N4O4S4/c1-7(2)5-9(21)17-19-13(23)11(27-15(19)25)12-14(24)20(16(26)28-12)18-10(22)6-8(3)4/h7-8H,5-6H2,1-4H3,(H,17,21)(H,18,22). The van der Waals surface area contributed by atoms with Crippen LogP contribution >= 0.6 is 48.0 Å². The number of amides is 4. The van der Waals surface area contributed by atoms with Crippen molar-refractivity contribution < 1.29 is 19.2 Å². The number of hydrogen-bond acceptors (Lipinski definition) is 8. The molecule has 12 heteroatoms. The monoisotopic (exact) mass is 460 g/mol. The molecule has 2 N–H and O–H groups in total. The van der Waals surface area contributed by atoms with Crippen LogP contribution in [0, 0.1) is 11.8 Å². The Morgan fingerprint density at radius 1 is 0.821 bits per heavy atom. The molecule has 8 nitrogen and oxygen atoms in total. The minimum atomic E-state index is -0.596. The van der Waals surface area contributed by atoms with Gasteiger partial charge < -0.3 is 0 Å². The first-order valence-electron chi connectivity index (χ1n) is 8.47. The molecule has 0 aliphatic carbocycles. The van der Waals surface area contributed by atoms with Crippen LogP contribution < -0.4 is 10.9 Å². The summed E-state index contributed by atoms with van der Waals surface area (Å²) in [4.78, 5) is 49.5. The maximum absolute atomic E-state index is 12.7. The molecule has 0 aromatic carbocycles. The predicted octanol–water partition coefficient (Wildman–Crippen LogP) is 2.07. The number of hydrogen-bond donors (Lipinski definition) is 2. The summed E-state index contributed by atoms with van der Waals surface area (Å²) in [7, 11) is 0. The van der Waals surface area contributed by atoms with Crippen LogP contribution in [0.2, 0.25) is 0 Å². The summed E-state index contributed by atoms with van der Waals surface area (Å²) in [6.07, 6.45) is 0.465. The van der Waals surface area contributed by atoms with Crippen molar-refractivity contribution in [1.29, 1.82) is 0 Å². The fourth-order valence-electron chi connectivity index (χ4n) is 2.28. The van der Waals surface area contributed by atoms with Crippen molar-refractivity contribution in [2.45, 2.75) is 40.5 Å². The third-order valence-corrected chi connectivity index (χ3v) is 6.28. The first kappa shape index (κ1) is 22.8. The van der Waals surface area contributed by atoms with Gasteiger partial charge in [-0.2, -0.15) is 10.0 Å². The molecule has 0 bridgehead atoms. The van der Waals surface area contributed by atoms with Gasteiger partial charge in [-0.15, -0.1) is 0 Å². The Kier molecular flexibility index (Phi) is 7.59. The van der Waals surface area contributed by atoms with Crippen molar-refractivity contribution >= 4 is 80.2 Å². The van der Waals surface area contributed by atoms with E-state index in [1.54, 1.807) is 0 Å². The van der Waals surface area contributed by atoms with Gasteiger partial charge in [0, 0.05) is 12.8 Å². The molecule has 2 saturated heterocycles.